The lowest BCUT2D eigenvalue weighted by Gasteiger charge is -2.19. The smallest absolute Gasteiger partial charge is 0.239 e. The average molecular weight is 314 g/mol. The standard InChI is InChI=1S/C17H18N2O2S/c1-12(16(18)20)19-17(21)15(13-8-4-2-5-9-13)22-14-10-6-3-7-11-14/h2-12,15H,1H3,(H2,18,20)(H,19,21)/t12-,15?/m0/s1. The fourth-order valence-corrected chi connectivity index (χ4v) is 2.95. The van der Waals surface area contributed by atoms with E-state index in [1.165, 1.54) is 11.8 Å². The second kappa shape index (κ2) is 7.66. The summed E-state index contributed by atoms with van der Waals surface area (Å²) in [6.45, 7) is 1.58. The van der Waals surface area contributed by atoms with Gasteiger partial charge in [-0.05, 0) is 24.6 Å². The molecule has 0 aliphatic heterocycles. The number of carbonyl (C=O) groups is 2. The molecular formula is C17H18N2O2S. The predicted molar refractivity (Wildman–Crippen MR) is 88.3 cm³/mol. The Kier molecular flexibility index (Phi) is 5.61. The lowest BCUT2D eigenvalue weighted by atomic mass is 10.1. The van der Waals surface area contributed by atoms with Gasteiger partial charge in [-0.25, -0.2) is 0 Å². The van der Waals surface area contributed by atoms with Crippen molar-refractivity contribution in [1.29, 1.82) is 0 Å². The zero-order valence-electron chi connectivity index (χ0n) is 12.2. The monoisotopic (exact) mass is 314 g/mol. The maximum Gasteiger partial charge on any atom is 0.239 e. The number of hydrogen-bond donors (Lipinski definition) is 2. The van der Waals surface area contributed by atoms with E-state index in [2.05, 4.69) is 5.32 Å². The molecule has 0 saturated carbocycles. The SMILES string of the molecule is C[C@H](NC(=O)C(Sc1ccccc1)c1ccccc1)C(N)=O. The molecular weight excluding hydrogens is 296 g/mol. The van der Waals surface area contributed by atoms with Gasteiger partial charge in [0.25, 0.3) is 0 Å². The normalized spacial score (nSPS) is 13.1. The van der Waals surface area contributed by atoms with Gasteiger partial charge in [0.15, 0.2) is 0 Å². The van der Waals surface area contributed by atoms with Crippen LogP contribution in [-0.4, -0.2) is 17.9 Å². The second-order valence-electron chi connectivity index (χ2n) is 4.85. The first-order valence-corrected chi connectivity index (χ1v) is 7.82. The van der Waals surface area contributed by atoms with Gasteiger partial charge in [-0.2, -0.15) is 0 Å². The van der Waals surface area contributed by atoms with Crippen LogP contribution in [0.4, 0.5) is 0 Å². The van der Waals surface area contributed by atoms with Crippen molar-refractivity contribution in [3.63, 3.8) is 0 Å². The van der Waals surface area contributed by atoms with Gasteiger partial charge >= 0.3 is 0 Å². The van der Waals surface area contributed by atoms with Crippen LogP contribution in [0, 0.1) is 0 Å². The van der Waals surface area contributed by atoms with Crippen molar-refractivity contribution in [2.45, 2.75) is 23.1 Å². The van der Waals surface area contributed by atoms with E-state index in [4.69, 9.17) is 5.73 Å². The lowest BCUT2D eigenvalue weighted by molar-refractivity contribution is -0.126. The number of primary amides is 1. The second-order valence-corrected chi connectivity index (χ2v) is 6.03. The maximum absolute atomic E-state index is 12.5. The zero-order valence-corrected chi connectivity index (χ0v) is 13.0. The summed E-state index contributed by atoms with van der Waals surface area (Å²) in [4.78, 5) is 24.7. The minimum atomic E-state index is -0.699. The molecule has 0 aliphatic carbocycles. The van der Waals surface area contributed by atoms with E-state index in [0.29, 0.717) is 0 Å². The maximum atomic E-state index is 12.5. The molecule has 2 atom stereocenters. The van der Waals surface area contributed by atoms with Crippen LogP contribution in [0.15, 0.2) is 65.6 Å². The van der Waals surface area contributed by atoms with E-state index < -0.39 is 17.2 Å². The van der Waals surface area contributed by atoms with Gasteiger partial charge < -0.3 is 11.1 Å². The molecule has 0 bridgehead atoms. The molecule has 0 heterocycles. The highest BCUT2D eigenvalue weighted by Crippen LogP contribution is 2.35. The van der Waals surface area contributed by atoms with Crippen LogP contribution in [0.1, 0.15) is 17.7 Å². The van der Waals surface area contributed by atoms with Crippen molar-refractivity contribution < 1.29 is 9.59 Å². The Hall–Kier alpha value is -2.27. The lowest BCUT2D eigenvalue weighted by Crippen LogP contribution is -2.43. The highest BCUT2D eigenvalue weighted by molar-refractivity contribution is 8.00. The summed E-state index contributed by atoms with van der Waals surface area (Å²) in [5, 5.41) is 2.22. The van der Waals surface area contributed by atoms with E-state index in [9.17, 15) is 9.59 Å². The van der Waals surface area contributed by atoms with Crippen molar-refractivity contribution in [2.75, 3.05) is 0 Å². The molecule has 0 aliphatic rings. The molecule has 0 fully saturated rings. The topological polar surface area (TPSA) is 72.2 Å². The van der Waals surface area contributed by atoms with Crippen molar-refractivity contribution in [2.24, 2.45) is 5.73 Å². The Morgan fingerprint density at radius 2 is 1.55 bits per heavy atom. The first-order valence-electron chi connectivity index (χ1n) is 6.94. The summed E-state index contributed by atoms with van der Waals surface area (Å²) >= 11 is 1.44. The highest BCUT2D eigenvalue weighted by atomic mass is 32.2. The largest absolute Gasteiger partial charge is 0.368 e. The minimum Gasteiger partial charge on any atom is -0.368 e. The Bertz CT molecular complexity index is 632. The van der Waals surface area contributed by atoms with Crippen LogP contribution in [0.3, 0.4) is 0 Å². The molecule has 4 nitrogen and oxygen atoms in total. The molecule has 3 N–H and O–H groups in total. The molecule has 0 aromatic heterocycles. The molecule has 2 amide bonds. The fraction of sp³-hybridized carbons (Fsp3) is 0.176. The number of nitrogens with two attached hydrogens (primary N) is 1. The van der Waals surface area contributed by atoms with Gasteiger partial charge in [-0.15, -0.1) is 11.8 Å². The molecule has 0 radical (unpaired) electrons. The van der Waals surface area contributed by atoms with Gasteiger partial charge in [-0.3, -0.25) is 9.59 Å². The van der Waals surface area contributed by atoms with Gasteiger partial charge in [-0.1, -0.05) is 48.5 Å². The zero-order chi connectivity index (χ0) is 15.9. The van der Waals surface area contributed by atoms with Gasteiger partial charge in [0.2, 0.25) is 11.8 Å². The minimum absolute atomic E-state index is 0.230. The molecule has 114 valence electrons. The van der Waals surface area contributed by atoms with E-state index in [0.717, 1.165) is 10.5 Å². The summed E-state index contributed by atoms with van der Waals surface area (Å²) in [5.41, 5.74) is 6.10. The van der Waals surface area contributed by atoms with E-state index in [1.807, 2.05) is 60.7 Å². The number of amides is 2. The fourth-order valence-electron chi connectivity index (χ4n) is 1.90. The van der Waals surface area contributed by atoms with Crippen LogP contribution in [0.2, 0.25) is 0 Å². The van der Waals surface area contributed by atoms with E-state index in [1.54, 1.807) is 6.92 Å². The Morgan fingerprint density at radius 3 is 2.09 bits per heavy atom. The number of rotatable bonds is 6. The molecule has 2 aromatic rings. The van der Waals surface area contributed by atoms with Crippen LogP contribution in [0.25, 0.3) is 0 Å². The average Bonchev–Trinajstić information content (AvgIpc) is 2.54. The molecule has 0 saturated heterocycles. The van der Waals surface area contributed by atoms with E-state index >= 15 is 0 Å². The third kappa shape index (κ3) is 4.36. The van der Waals surface area contributed by atoms with Crippen molar-refractivity contribution in [1.82, 2.24) is 5.32 Å². The van der Waals surface area contributed by atoms with Crippen LogP contribution < -0.4 is 11.1 Å². The van der Waals surface area contributed by atoms with Crippen molar-refractivity contribution in [3.8, 4) is 0 Å². The summed E-state index contributed by atoms with van der Waals surface area (Å²) < 4.78 is 0. The first-order chi connectivity index (χ1) is 10.6. The van der Waals surface area contributed by atoms with Crippen molar-refractivity contribution in [3.05, 3.63) is 66.2 Å². The quantitative estimate of drug-likeness (QED) is 0.805. The third-order valence-corrected chi connectivity index (χ3v) is 4.39. The Morgan fingerprint density at radius 1 is 1.00 bits per heavy atom. The van der Waals surface area contributed by atoms with E-state index in [-0.39, 0.29) is 5.91 Å². The molecule has 22 heavy (non-hydrogen) atoms. The number of thioether (sulfide) groups is 1. The van der Waals surface area contributed by atoms with Crippen LogP contribution in [-0.2, 0) is 9.59 Å². The van der Waals surface area contributed by atoms with Gasteiger partial charge in [0.05, 0.1) is 0 Å². The molecule has 5 heteroatoms. The summed E-state index contributed by atoms with van der Waals surface area (Å²) in [5.74, 6) is -0.781. The summed E-state index contributed by atoms with van der Waals surface area (Å²) in [6.07, 6.45) is 0. The molecule has 2 aromatic carbocycles. The van der Waals surface area contributed by atoms with Crippen LogP contribution in [0.5, 0.6) is 0 Å². The number of nitrogens with one attached hydrogen (secondary N) is 1. The Balaban J connectivity index is 2.22. The third-order valence-electron chi connectivity index (χ3n) is 3.12. The van der Waals surface area contributed by atoms with Crippen LogP contribution >= 0.6 is 11.8 Å². The predicted octanol–water partition coefficient (Wildman–Crippen LogP) is 2.51. The number of benzene rings is 2. The van der Waals surface area contributed by atoms with Crippen molar-refractivity contribution >= 4 is 23.6 Å². The molecule has 0 spiro atoms. The summed E-state index contributed by atoms with van der Waals surface area (Å²) in [6, 6.07) is 18.4. The Labute approximate surface area is 134 Å². The van der Waals surface area contributed by atoms with Gasteiger partial charge in [0, 0.05) is 4.90 Å². The van der Waals surface area contributed by atoms with Gasteiger partial charge in [0.1, 0.15) is 11.3 Å². The molecule has 1 unspecified atom stereocenters. The highest BCUT2D eigenvalue weighted by Gasteiger charge is 2.24. The first kappa shape index (κ1) is 16.1. The number of carbonyl (C=O) groups excluding carboxylic acids is 2. The summed E-state index contributed by atoms with van der Waals surface area (Å²) in [7, 11) is 0. The number of hydrogen-bond acceptors (Lipinski definition) is 3. The molecule has 2 rings (SSSR count).